The van der Waals surface area contributed by atoms with Crippen LogP contribution < -0.4 is 4.74 Å². The van der Waals surface area contributed by atoms with E-state index in [1.165, 1.54) is 0 Å². The minimum absolute atomic E-state index is 0.0369. The third-order valence-corrected chi connectivity index (χ3v) is 4.05. The zero-order chi connectivity index (χ0) is 16.8. The Morgan fingerprint density at radius 2 is 2.04 bits per heavy atom. The molecule has 0 saturated carbocycles. The van der Waals surface area contributed by atoms with Gasteiger partial charge in [0.25, 0.3) is 5.91 Å². The van der Waals surface area contributed by atoms with Crippen LogP contribution in [0.15, 0.2) is 18.2 Å². The van der Waals surface area contributed by atoms with Crippen LogP contribution in [0.25, 0.3) is 0 Å². The van der Waals surface area contributed by atoms with Crippen molar-refractivity contribution in [3.8, 4) is 5.75 Å². The highest BCUT2D eigenvalue weighted by molar-refractivity contribution is 5.95. The maximum Gasteiger partial charge on any atom is 0.310 e. The zero-order valence-electron chi connectivity index (χ0n) is 14.1. The summed E-state index contributed by atoms with van der Waals surface area (Å²) in [5.74, 6) is 0.349. The van der Waals surface area contributed by atoms with Crippen LogP contribution in [-0.2, 0) is 9.53 Å². The number of ether oxygens (including phenoxy) is 2. The first-order chi connectivity index (χ1) is 11.1. The Labute approximate surface area is 137 Å². The first-order valence-corrected chi connectivity index (χ1v) is 8.26. The largest absolute Gasteiger partial charge is 0.494 e. The molecule has 1 aliphatic rings. The van der Waals surface area contributed by atoms with Crippen molar-refractivity contribution in [1.82, 2.24) is 4.90 Å². The van der Waals surface area contributed by atoms with Gasteiger partial charge in [-0.3, -0.25) is 9.59 Å². The second kappa shape index (κ2) is 7.99. The molecular formula is C18H25NO4. The Balaban J connectivity index is 2.07. The fourth-order valence-corrected chi connectivity index (χ4v) is 2.90. The second-order valence-electron chi connectivity index (χ2n) is 5.76. The number of hydrogen-bond donors (Lipinski definition) is 0. The normalized spacial score (nSPS) is 17.7. The van der Waals surface area contributed by atoms with Gasteiger partial charge in [-0.2, -0.15) is 0 Å². The van der Waals surface area contributed by atoms with Crippen molar-refractivity contribution in [3.63, 3.8) is 0 Å². The lowest BCUT2D eigenvalue weighted by atomic mass is 9.97. The Bertz CT molecular complexity index is 570. The van der Waals surface area contributed by atoms with Crippen LogP contribution >= 0.6 is 0 Å². The standard InChI is InChI=1S/C18H25NO4/c1-4-22-16-9-8-14(11-13(16)3)17(20)19-10-6-7-15(12-19)18(21)23-5-2/h8-9,11,15H,4-7,10,12H2,1-3H3. The van der Waals surface area contributed by atoms with E-state index in [-0.39, 0.29) is 17.8 Å². The molecule has 0 aromatic heterocycles. The van der Waals surface area contributed by atoms with Crippen molar-refractivity contribution in [2.75, 3.05) is 26.3 Å². The van der Waals surface area contributed by atoms with Gasteiger partial charge in [-0.25, -0.2) is 0 Å². The lowest BCUT2D eigenvalue weighted by Crippen LogP contribution is -2.42. The van der Waals surface area contributed by atoms with Gasteiger partial charge in [0.15, 0.2) is 0 Å². The summed E-state index contributed by atoms with van der Waals surface area (Å²) < 4.78 is 10.6. The smallest absolute Gasteiger partial charge is 0.310 e. The van der Waals surface area contributed by atoms with E-state index in [1.807, 2.05) is 26.0 Å². The number of carbonyl (C=O) groups is 2. The molecule has 1 heterocycles. The third kappa shape index (κ3) is 4.24. The van der Waals surface area contributed by atoms with E-state index < -0.39 is 0 Å². The maximum atomic E-state index is 12.7. The van der Waals surface area contributed by atoms with Crippen LogP contribution in [0.5, 0.6) is 5.75 Å². The van der Waals surface area contributed by atoms with Crippen LogP contribution in [0, 0.1) is 12.8 Å². The number of rotatable bonds is 5. The molecular weight excluding hydrogens is 294 g/mol. The van der Waals surface area contributed by atoms with Crippen LogP contribution in [0.3, 0.4) is 0 Å². The monoisotopic (exact) mass is 319 g/mol. The first kappa shape index (κ1) is 17.3. The molecule has 1 saturated heterocycles. The number of hydrogen-bond acceptors (Lipinski definition) is 4. The predicted molar refractivity (Wildman–Crippen MR) is 87.6 cm³/mol. The Hall–Kier alpha value is -2.04. The van der Waals surface area contributed by atoms with Crippen LogP contribution in [0.2, 0.25) is 0 Å². The van der Waals surface area contributed by atoms with E-state index in [0.29, 0.717) is 31.9 Å². The van der Waals surface area contributed by atoms with Crippen molar-refractivity contribution in [2.24, 2.45) is 5.92 Å². The van der Waals surface area contributed by atoms with Gasteiger partial charge in [0.1, 0.15) is 5.75 Å². The Morgan fingerprint density at radius 1 is 1.26 bits per heavy atom. The number of nitrogens with zero attached hydrogens (tertiary/aromatic N) is 1. The predicted octanol–water partition coefficient (Wildman–Crippen LogP) is 2.81. The number of esters is 1. The number of aryl methyl sites for hydroxylation is 1. The van der Waals surface area contributed by atoms with Crippen molar-refractivity contribution in [1.29, 1.82) is 0 Å². The van der Waals surface area contributed by atoms with Gasteiger partial charge in [-0.1, -0.05) is 0 Å². The highest BCUT2D eigenvalue weighted by Crippen LogP contribution is 2.23. The van der Waals surface area contributed by atoms with Crippen molar-refractivity contribution in [2.45, 2.75) is 33.6 Å². The highest BCUT2D eigenvalue weighted by atomic mass is 16.5. The molecule has 5 heteroatoms. The van der Waals surface area contributed by atoms with Gasteiger partial charge in [0, 0.05) is 18.7 Å². The molecule has 1 atom stereocenters. The van der Waals surface area contributed by atoms with E-state index in [2.05, 4.69) is 0 Å². The van der Waals surface area contributed by atoms with Gasteiger partial charge in [0.2, 0.25) is 0 Å². The third-order valence-electron chi connectivity index (χ3n) is 4.05. The fraction of sp³-hybridized carbons (Fsp3) is 0.556. The van der Waals surface area contributed by atoms with Crippen molar-refractivity contribution < 1.29 is 19.1 Å². The van der Waals surface area contributed by atoms with Gasteiger partial charge in [-0.05, 0) is 57.4 Å². The molecule has 1 aromatic carbocycles. The summed E-state index contributed by atoms with van der Waals surface area (Å²) in [7, 11) is 0. The van der Waals surface area contributed by atoms with Crippen LogP contribution in [0.1, 0.15) is 42.6 Å². The zero-order valence-corrected chi connectivity index (χ0v) is 14.1. The van der Waals surface area contributed by atoms with E-state index in [4.69, 9.17) is 9.47 Å². The molecule has 126 valence electrons. The van der Waals surface area contributed by atoms with Crippen LogP contribution in [-0.4, -0.2) is 43.1 Å². The summed E-state index contributed by atoms with van der Waals surface area (Å²) in [5, 5.41) is 0. The lowest BCUT2D eigenvalue weighted by molar-refractivity contribution is -0.149. The Kier molecular flexibility index (Phi) is 6.02. The minimum Gasteiger partial charge on any atom is -0.494 e. The molecule has 1 aliphatic heterocycles. The molecule has 0 N–H and O–H groups in total. The molecule has 1 aromatic rings. The van der Waals surface area contributed by atoms with E-state index in [1.54, 1.807) is 17.9 Å². The van der Waals surface area contributed by atoms with E-state index in [9.17, 15) is 9.59 Å². The number of amides is 1. The summed E-state index contributed by atoms with van der Waals surface area (Å²) in [6.45, 7) is 7.75. The molecule has 2 rings (SSSR count). The maximum absolute atomic E-state index is 12.7. The molecule has 5 nitrogen and oxygen atoms in total. The molecule has 1 unspecified atom stereocenters. The minimum atomic E-state index is -0.212. The summed E-state index contributed by atoms with van der Waals surface area (Å²) in [4.78, 5) is 26.3. The first-order valence-electron chi connectivity index (χ1n) is 8.26. The van der Waals surface area contributed by atoms with Gasteiger partial charge < -0.3 is 14.4 Å². The molecule has 0 spiro atoms. The van der Waals surface area contributed by atoms with E-state index >= 15 is 0 Å². The molecule has 0 aliphatic carbocycles. The van der Waals surface area contributed by atoms with Gasteiger partial charge in [-0.15, -0.1) is 0 Å². The average molecular weight is 319 g/mol. The second-order valence-corrected chi connectivity index (χ2v) is 5.76. The van der Waals surface area contributed by atoms with Crippen molar-refractivity contribution in [3.05, 3.63) is 29.3 Å². The summed E-state index contributed by atoms with van der Waals surface area (Å²) in [6.07, 6.45) is 1.61. The summed E-state index contributed by atoms with van der Waals surface area (Å²) >= 11 is 0. The molecule has 1 fully saturated rings. The highest BCUT2D eigenvalue weighted by Gasteiger charge is 2.29. The van der Waals surface area contributed by atoms with Gasteiger partial charge in [0.05, 0.1) is 19.1 Å². The van der Waals surface area contributed by atoms with Crippen LogP contribution in [0.4, 0.5) is 0 Å². The van der Waals surface area contributed by atoms with Gasteiger partial charge >= 0.3 is 5.97 Å². The van der Waals surface area contributed by atoms with E-state index in [0.717, 1.165) is 24.2 Å². The molecule has 23 heavy (non-hydrogen) atoms. The number of likely N-dealkylation sites (tertiary alicyclic amines) is 1. The lowest BCUT2D eigenvalue weighted by Gasteiger charge is -2.31. The fourth-order valence-electron chi connectivity index (χ4n) is 2.90. The number of benzene rings is 1. The quantitative estimate of drug-likeness (QED) is 0.783. The topological polar surface area (TPSA) is 55.8 Å². The average Bonchev–Trinajstić information content (AvgIpc) is 2.56. The number of piperidine rings is 1. The Morgan fingerprint density at radius 3 is 2.70 bits per heavy atom. The summed E-state index contributed by atoms with van der Waals surface area (Å²) in [5.41, 5.74) is 1.58. The SMILES string of the molecule is CCOC(=O)C1CCCN(C(=O)c2ccc(OCC)c(C)c2)C1. The molecule has 1 amide bonds. The number of carbonyl (C=O) groups excluding carboxylic acids is 2. The molecule has 0 bridgehead atoms. The summed E-state index contributed by atoms with van der Waals surface area (Å²) in [6, 6.07) is 5.47. The van der Waals surface area contributed by atoms with Crippen molar-refractivity contribution >= 4 is 11.9 Å². The molecule has 0 radical (unpaired) electrons.